The molecule has 0 saturated heterocycles. The smallest absolute Gasteiger partial charge is 0.333 e. The lowest BCUT2D eigenvalue weighted by atomic mass is 10.3. The van der Waals surface area contributed by atoms with Crippen LogP contribution in [0.2, 0.25) is 9.62 Å². The first-order chi connectivity index (χ1) is 7.04. The van der Waals surface area contributed by atoms with Gasteiger partial charge in [0, 0.05) is 5.57 Å². The summed E-state index contributed by atoms with van der Waals surface area (Å²) in [5.41, 5.74) is 0.471. The molecule has 1 aromatic heterocycles. The van der Waals surface area contributed by atoms with Gasteiger partial charge in [-0.3, -0.25) is 0 Å². The molecule has 1 aromatic rings. The molecule has 1 rings (SSSR count). The minimum absolute atomic E-state index is 0.300. The molecule has 0 aromatic carbocycles. The highest BCUT2D eigenvalue weighted by molar-refractivity contribution is 7.17. The van der Waals surface area contributed by atoms with Crippen LogP contribution in [-0.4, -0.2) is 17.6 Å². The number of aromatic nitrogens is 1. The predicted octanol–water partition coefficient (Wildman–Crippen LogP) is 3.42. The van der Waals surface area contributed by atoms with Crippen molar-refractivity contribution in [2.75, 3.05) is 6.61 Å². The van der Waals surface area contributed by atoms with Crippen molar-refractivity contribution in [2.45, 2.75) is 13.8 Å². The Bertz CT molecular complexity index is 401. The monoisotopic (exact) mass is 265 g/mol. The molecule has 6 heteroatoms. The summed E-state index contributed by atoms with van der Waals surface area (Å²) in [6, 6.07) is 0. The number of hydrogen-bond acceptors (Lipinski definition) is 4. The summed E-state index contributed by atoms with van der Waals surface area (Å²) in [6.07, 6.45) is 1.61. The quantitative estimate of drug-likeness (QED) is 0.621. The Morgan fingerprint density at radius 1 is 1.60 bits per heavy atom. The second-order valence-corrected chi connectivity index (χ2v) is 4.64. The van der Waals surface area contributed by atoms with E-state index in [4.69, 9.17) is 27.9 Å². The SMILES string of the molecule is CCOC(=O)C(C)=Cc1sc(Cl)nc1Cl. The van der Waals surface area contributed by atoms with Crippen molar-refractivity contribution in [3.05, 3.63) is 20.1 Å². The number of nitrogens with zero attached hydrogens (tertiary/aromatic N) is 1. The Kier molecular flexibility index (Phi) is 4.57. The van der Waals surface area contributed by atoms with Gasteiger partial charge in [-0.25, -0.2) is 9.78 Å². The van der Waals surface area contributed by atoms with E-state index in [1.54, 1.807) is 19.9 Å². The van der Waals surface area contributed by atoms with Crippen molar-refractivity contribution in [1.29, 1.82) is 0 Å². The summed E-state index contributed by atoms with van der Waals surface area (Å²) < 4.78 is 5.17. The van der Waals surface area contributed by atoms with E-state index in [-0.39, 0.29) is 5.97 Å². The van der Waals surface area contributed by atoms with E-state index in [2.05, 4.69) is 4.98 Å². The normalized spacial score (nSPS) is 11.6. The maximum atomic E-state index is 11.3. The van der Waals surface area contributed by atoms with Gasteiger partial charge in [-0.05, 0) is 19.9 Å². The van der Waals surface area contributed by atoms with E-state index in [1.807, 2.05) is 0 Å². The fourth-order valence-corrected chi connectivity index (χ4v) is 2.24. The van der Waals surface area contributed by atoms with Gasteiger partial charge in [-0.15, -0.1) is 11.3 Å². The molecule has 1 heterocycles. The zero-order valence-electron chi connectivity index (χ0n) is 8.21. The van der Waals surface area contributed by atoms with E-state index in [0.29, 0.717) is 26.7 Å². The van der Waals surface area contributed by atoms with Crippen LogP contribution in [0.25, 0.3) is 6.08 Å². The van der Waals surface area contributed by atoms with E-state index in [9.17, 15) is 4.79 Å². The average Bonchev–Trinajstić information content (AvgIpc) is 2.45. The van der Waals surface area contributed by atoms with Crippen LogP contribution < -0.4 is 0 Å². The minimum Gasteiger partial charge on any atom is -0.463 e. The van der Waals surface area contributed by atoms with Crippen molar-refractivity contribution in [3.8, 4) is 0 Å². The van der Waals surface area contributed by atoms with E-state index in [0.717, 1.165) is 0 Å². The third-order valence-electron chi connectivity index (χ3n) is 1.53. The summed E-state index contributed by atoms with van der Waals surface area (Å²) in [4.78, 5) is 15.8. The first-order valence-corrected chi connectivity index (χ1v) is 5.79. The van der Waals surface area contributed by atoms with Gasteiger partial charge in [-0.1, -0.05) is 23.2 Å². The number of ether oxygens (including phenoxy) is 1. The number of hydrogen-bond donors (Lipinski definition) is 0. The Hall–Kier alpha value is -0.580. The van der Waals surface area contributed by atoms with E-state index in [1.165, 1.54) is 11.3 Å². The first-order valence-electron chi connectivity index (χ1n) is 4.21. The maximum Gasteiger partial charge on any atom is 0.333 e. The summed E-state index contributed by atoms with van der Waals surface area (Å²) in [6.45, 7) is 3.75. The predicted molar refractivity (Wildman–Crippen MR) is 62.4 cm³/mol. The number of rotatable bonds is 3. The highest BCUT2D eigenvalue weighted by Crippen LogP contribution is 2.28. The minimum atomic E-state index is -0.363. The van der Waals surface area contributed by atoms with E-state index < -0.39 is 0 Å². The van der Waals surface area contributed by atoms with E-state index >= 15 is 0 Å². The Labute approximate surface area is 102 Å². The molecule has 0 aliphatic heterocycles. The van der Waals surface area contributed by atoms with Gasteiger partial charge in [0.1, 0.15) is 5.15 Å². The van der Waals surface area contributed by atoms with Crippen molar-refractivity contribution in [3.63, 3.8) is 0 Å². The summed E-state index contributed by atoms with van der Waals surface area (Å²) in [5, 5.41) is 0.300. The molecule has 15 heavy (non-hydrogen) atoms. The zero-order valence-corrected chi connectivity index (χ0v) is 10.5. The lowest BCUT2D eigenvalue weighted by Crippen LogP contribution is -2.04. The molecule has 3 nitrogen and oxygen atoms in total. The van der Waals surface area contributed by atoms with Crippen molar-refractivity contribution in [1.82, 2.24) is 4.98 Å². The Morgan fingerprint density at radius 3 is 2.73 bits per heavy atom. The third-order valence-corrected chi connectivity index (χ3v) is 3.04. The summed E-state index contributed by atoms with van der Waals surface area (Å²) in [7, 11) is 0. The Balaban J connectivity index is 2.87. The van der Waals surface area contributed by atoms with Crippen molar-refractivity contribution in [2.24, 2.45) is 0 Å². The number of thiazole rings is 1. The zero-order chi connectivity index (χ0) is 11.4. The standard InChI is InChI=1S/C9H9Cl2NO2S/c1-3-14-8(13)5(2)4-6-7(10)12-9(11)15-6/h4H,3H2,1-2H3. The van der Waals surface area contributed by atoms with Crippen LogP contribution in [0.5, 0.6) is 0 Å². The van der Waals surface area contributed by atoms with Crippen molar-refractivity contribution < 1.29 is 9.53 Å². The number of halogens is 2. The molecule has 0 unspecified atom stereocenters. The molecule has 0 radical (unpaired) electrons. The van der Waals surface area contributed by atoms with Crippen LogP contribution in [0.4, 0.5) is 0 Å². The molecule has 0 aliphatic carbocycles. The van der Waals surface area contributed by atoms with Crippen LogP contribution in [0.15, 0.2) is 5.57 Å². The van der Waals surface area contributed by atoms with Gasteiger partial charge < -0.3 is 4.74 Å². The van der Waals surface area contributed by atoms with Crippen LogP contribution in [-0.2, 0) is 9.53 Å². The molecule has 0 fully saturated rings. The molecule has 0 spiro atoms. The second kappa shape index (κ2) is 5.49. The molecule has 0 N–H and O–H groups in total. The largest absolute Gasteiger partial charge is 0.463 e. The van der Waals surface area contributed by atoms with Gasteiger partial charge in [0.05, 0.1) is 11.5 Å². The molecule has 0 saturated carbocycles. The van der Waals surface area contributed by atoms with Crippen LogP contribution >= 0.6 is 34.5 Å². The Morgan fingerprint density at radius 2 is 2.27 bits per heavy atom. The highest BCUT2D eigenvalue weighted by atomic mass is 35.5. The summed E-state index contributed by atoms with van der Waals surface area (Å²) in [5.74, 6) is -0.363. The van der Waals surface area contributed by atoms with Crippen LogP contribution in [0.3, 0.4) is 0 Å². The molecule has 0 atom stereocenters. The lowest BCUT2D eigenvalue weighted by molar-refractivity contribution is -0.138. The molecule has 0 aliphatic rings. The number of carbonyl (C=O) groups is 1. The van der Waals surface area contributed by atoms with Gasteiger partial charge in [0.25, 0.3) is 0 Å². The van der Waals surface area contributed by atoms with Crippen LogP contribution in [0, 0.1) is 0 Å². The topological polar surface area (TPSA) is 39.2 Å². The molecular weight excluding hydrogens is 257 g/mol. The average molecular weight is 266 g/mol. The van der Waals surface area contributed by atoms with Gasteiger partial charge in [-0.2, -0.15) is 0 Å². The highest BCUT2D eigenvalue weighted by Gasteiger charge is 2.09. The van der Waals surface area contributed by atoms with Gasteiger partial charge in [0.15, 0.2) is 4.47 Å². The fourth-order valence-electron chi connectivity index (χ4n) is 0.877. The lowest BCUT2D eigenvalue weighted by Gasteiger charge is -2.00. The maximum absolute atomic E-state index is 11.3. The first kappa shape index (κ1) is 12.5. The van der Waals surface area contributed by atoms with Gasteiger partial charge in [0.2, 0.25) is 0 Å². The molecule has 82 valence electrons. The molecule has 0 amide bonds. The summed E-state index contributed by atoms with van der Waals surface area (Å²) >= 11 is 12.7. The number of esters is 1. The van der Waals surface area contributed by atoms with Crippen LogP contribution in [0.1, 0.15) is 18.7 Å². The number of carbonyl (C=O) groups excluding carboxylic acids is 1. The van der Waals surface area contributed by atoms with Crippen molar-refractivity contribution >= 4 is 46.6 Å². The molecule has 0 bridgehead atoms. The van der Waals surface area contributed by atoms with Gasteiger partial charge >= 0.3 is 5.97 Å². The molecular formula is C9H9Cl2NO2S. The third kappa shape index (κ3) is 3.48. The fraction of sp³-hybridized carbons (Fsp3) is 0.333. The second-order valence-electron chi connectivity index (χ2n) is 2.67.